The quantitative estimate of drug-likeness (QED) is 0.528. The summed E-state index contributed by atoms with van der Waals surface area (Å²) in [5.74, 6) is 0.696. The molecule has 1 nitrogen and oxygen atoms in total. The van der Waals surface area contributed by atoms with Crippen molar-refractivity contribution in [2.45, 2.75) is 39.7 Å². The van der Waals surface area contributed by atoms with Crippen LogP contribution in [-0.2, 0) is 0 Å². The van der Waals surface area contributed by atoms with Gasteiger partial charge in [-0.3, -0.25) is 0 Å². The predicted molar refractivity (Wildman–Crippen MR) is 49.6 cm³/mol. The van der Waals surface area contributed by atoms with E-state index < -0.39 is 0 Å². The van der Waals surface area contributed by atoms with Gasteiger partial charge in [0.1, 0.15) is 0 Å². The Morgan fingerprint density at radius 2 is 2.17 bits per heavy atom. The number of hydrogen-bond donors (Lipinski definition) is 1. The molecule has 2 heteroatoms. The Hall–Kier alpha value is 0.430. The molecule has 12 heavy (non-hydrogen) atoms. The van der Waals surface area contributed by atoms with Crippen LogP contribution >= 0.6 is 0 Å². The summed E-state index contributed by atoms with van der Waals surface area (Å²) in [5.41, 5.74) is 7.62. The fourth-order valence-electron chi connectivity index (χ4n) is 1.45. The first-order valence-electron chi connectivity index (χ1n) is 4.48. The number of nitrogens with two attached hydrogens (primary N) is 1. The number of allylic oxidation sites excluding steroid dienone is 2. The average molecular weight is 280 g/mol. The Morgan fingerprint density at radius 3 is 2.50 bits per heavy atom. The Balaban J connectivity index is 2.48. The van der Waals surface area contributed by atoms with Crippen molar-refractivity contribution in [3.63, 3.8) is 0 Å². The minimum atomic E-state index is -0.00551. The Labute approximate surface area is 86.1 Å². The van der Waals surface area contributed by atoms with Gasteiger partial charge in [0.15, 0.2) is 0 Å². The van der Waals surface area contributed by atoms with Crippen LogP contribution in [0.4, 0.5) is 0 Å². The Kier molecular flexibility index (Phi) is 3.21. The molecule has 1 fully saturated rings. The molecule has 0 spiro atoms. The summed E-state index contributed by atoms with van der Waals surface area (Å²) in [6.07, 6.45) is 1.12. The summed E-state index contributed by atoms with van der Waals surface area (Å²) in [6, 6.07) is 0. The van der Waals surface area contributed by atoms with Gasteiger partial charge < -0.3 is 0 Å². The van der Waals surface area contributed by atoms with Crippen molar-refractivity contribution >= 4 is 0 Å². The summed E-state index contributed by atoms with van der Waals surface area (Å²) >= 11 is 0.496. The van der Waals surface area contributed by atoms with Gasteiger partial charge in [-0.2, -0.15) is 0 Å². The molecule has 72 valence electrons. The van der Waals surface area contributed by atoms with Crippen LogP contribution in [0.2, 0.25) is 0 Å². The molecule has 0 aromatic rings. The minimum absolute atomic E-state index is 0.00551. The average Bonchev–Trinajstić information content (AvgIpc) is 2.62. The van der Waals surface area contributed by atoms with Crippen LogP contribution in [0.3, 0.4) is 0 Å². The number of halogens is 1. The van der Waals surface area contributed by atoms with E-state index in [0.29, 0.717) is 27.1 Å². The molecule has 1 aliphatic heterocycles. The van der Waals surface area contributed by atoms with Crippen molar-refractivity contribution in [2.75, 3.05) is 4.43 Å². The van der Waals surface area contributed by atoms with Gasteiger partial charge in [0.25, 0.3) is 0 Å². The van der Waals surface area contributed by atoms with Gasteiger partial charge in [-0.05, 0) is 0 Å². The van der Waals surface area contributed by atoms with Crippen LogP contribution in [-0.4, -0.2) is 9.97 Å². The molecule has 1 heterocycles. The monoisotopic (exact) mass is 280 g/mol. The predicted octanol–water partition coefficient (Wildman–Crippen LogP) is -0.873. The van der Waals surface area contributed by atoms with Crippen molar-refractivity contribution in [1.82, 2.24) is 0 Å². The van der Waals surface area contributed by atoms with Crippen LogP contribution in [0.5, 0.6) is 0 Å². The molecule has 0 saturated carbocycles. The van der Waals surface area contributed by atoms with E-state index in [2.05, 4.69) is 27.7 Å². The van der Waals surface area contributed by atoms with Gasteiger partial charge in [-0.1, -0.05) is 0 Å². The normalized spacial score (nSPS) is 24.4. The third-order valence-electron chi connectivity index (χ3n) is 2.27. The van der Waals surface area contributed by atoms with Crippen molar-refractivity contribution in [1.29, 1.82) is 0 Å². The van der Waals surface area contributed by atoms with Crippen molar-refractivity contribution in [3.05, 3.63) is 9.15 Å². The van der Waals surface area contributed by atoms with Crippen molar-refractivity contribution in [2.24, 2.45) is 11.7 Å². The SMILES string of the molecule is C/C(=C1/C[I-]1)[C@H](C)CC(C)(C)N. The van der Waals surface area contributed by atoms with Gasteiger partial charge >= 0.3 is 86.1 Å². The molecule has 0 unspecified atom stereocenters. The zero-order valence-electron chi connectivity index (χ0n) is 8.45. The van der Waals surface area contributed by atoms with Crippen LogP contribution in [0, 0.1) is 5.92 Å². The maximum absolute atomic E-state index is 5.98. The fourth-order valence-corrected chi connectivity index (χ4v) is 3.38. The van der Waals surface area contributed by atoms with Gasteiger partial charge in [0.2, 0.25) is 0 Å². The van der Waals surface area contributed by atoms with Crippen LogP contribution in [0.15, 0.2) is 9.15 Å². The Morgan fingerprint density at radius 1 is 1.67 bits per heavy atom. The van der Waals surface area contributed by atoms with Crippen molar-refractivity contribution in [3.8, 4) is 0 Å². The number of alkyl halides is 1. The third kappa shape index (κ3) is 3.44. The first kappa shape index (κ1) is 10.5. The Bertz CT molecular complexity index is 194. The van der Waals surface area contributed by atoms with Gasteiger partial charge in [-0.15, -0.1) is 0 Å². The van der Waals surface area contributed by atoms with E-state index in [4.69, 9.17) is 5.73 Å². The zero-order chi connectivity index (χ0) is 9.35. The van der Waals surface area contributed by atoms with E-state index in [1.165, 1.54) is 4.43 Å². The van der Waals surface area contributed by atoms with Crippen LogP contribution in [0.1, 0.15) is 34.1 Å². The van der Waals surface area contributed by atoms with Gasteiger partial charge in [0, 0.05) is 0 Å². The fraction of sp³-hybridized carbons (Fsp3) is 0.800. The van der Waals surface area contributed by atoms with E-state index in [-0.39, 0.29) is 5.54 Å². The second-order valence-electron chi connectivity index (χ2n) is 4.45. The second-order valence-corrected chi connectivity index (χ2v) is 7.28. The van der Waals surface area contributed by atoms with E-state index in [1.807, 2.05) is 0 Å². The summed E-state index contributed by atoms with van der Waals surface area (Å²) < 4.78 is 3.23. The first-order chi connectivity index (χ1) is 5.40. The molecular formula is C10H19IN-. The zero-order valence-corrected chi connectivity index (χ0v) is 10.6. The molecule has 0 radical (unpaired) electrons. The standard InChI is InChI=1S/C10H19IN/c1-7(5-10(3,4)12)8(2)9-6-11-9/h7H,5-6,12H2,1-4H3/q-1/b9-8+/t7-/m1/s1. The molecule has 1 saturated heterocycles. The molecule has 0 bridgehead atoms. The summed E-state index contributed by atoms with van der Waals surface area (Å²) in [4.78, 5) is 0. The topological polar surface area (TPSA) is 26.0 Å². The molecule has 1 atom stereocenters. The maximum atomic E-state index is 5.98. The van der Waals surface area contributed by atoms with Gasteiger partial charge in [-0.25, -0.2) is 0 Å². The summed E-state index contributed by atoms with van der Waals surface area (Å²) in [7, 11) is 0. The molecule has 0 amide bonds. The molecule has 1 rings (SSSR count). The summed E-state index contributed by atoms with van der Waals surface area (Å²) in [6.45, 7) is 8.82. The summed E-state index contributed by atoms with van der Waals surface area (Å²) in [5, 5.41) is 0. The van der Waals surface area contributed by atoms with E-state index in [1.54, 1.807) is 9.15 Å². The van der Waals surface area contributed by atoms with Crippen LogP contribution < -0.4 is 26.9 Å². The molecule has 2 N–H and O–H groups in total. The second kappa shape index (κ2) is 3.66. The van der Waals surface area contributed by atoms with Gasteiger partial charge in [0.05, 0.1) is 0 Å². The number of rotatable bonds is 3. The molecule has 0 aromatic heterocycles. The van der Waals surface area contributed by atoms with Crippen molar-refractivity contribution < 1.29 is 21.2 Å². The van der Waals surface area contributed by atoms with E-state index in [9.17, 15) is 0 Å². The molecule has 1 aliphatic rings. The number of hydrogen-bond acceptors (Lipinski definition) is 1. The van der Waals surface area contributed by atoms with Crippen LogP contribution in [0.25, 0.3) is 0 Å². The molecule has 0 aromatic carbocycles. The molecule has 0 aliphatic carbocycles. The third-order valence-corrected chi connectivity index (χ3v) is 4.64. The van der Waals surface area contributed by atoms with E-state index >= 15 is 0 Å². The first-order valence-corrected chi connectivity index (χ1v) is 7.08. The molecular weight excluding hydrogens is 261 g/mol. The van der Waals surface area contributed by atoms with E-state index in [0.717, 1.165) is 6.42 Å².